The molecule has 2 aromatic carbocycles. The van der Waals surface area contributed by atoms with Gasteiger partial charge in [-0.15, -0.1) is 0 Å². The molecule has 2 aliphatic rings. The second-order valence-corrected chi connectivity index (χ2v) is 12.1. The highest BCUT2D eigenvalue weighted by molar-refractivity contribution is 5.80. The number of hydrogen-bond donors (Lipinski definition) is 3. The number of morpholine rings is 1. The lowest BCUT2D eigenvalue weighted by Crippen LogP contribution is -2.37. The van der Waals surface area contributed by atoms with Crippen molar-refractivity contribution >= 4 is 22.7 Å². The van der Waals surface area contributed by atoms with Crippen LogP contribution in [0.4, 0.5) is 11.6 Å². The van der Waals surface area contributed by atoms with Crippen molar-refractivity contribution in [2.75, 3.05) is 56.6 Å². The van der Waals surface area contributed by atoms with E-state index >= 15 is 0 Å². The Kier molecular flexibility index (Phi) is 10.5. The quantitative estimate of drug-likeness (QED) is 0.166. The number of aromatic nitrogens is 3. The van der Waals surface area contributed by atoms with Gasteiger partial charge in [-0.2, -0.15) is 0 Å². The van der Waals surface area contributed by atoms with Gasteiger partial charge in [-0.25, -0.2) is 4.98 Å². The van der Waals surface area contributed by atoms with Crippen molar-refractivity contribution < 1.29 is 19.3 Å². The highest BCUT2D eigenvalue weighted by atomic mass is 16.7. The molecule has 1 unspecified atom stereocenters. The number of imidazole rings is 1. The standard InChI is InChI=1S/C35H46N6O4/c1-25-7-10-28(24-45-34-6-3-4-17-44-34)30(20-25)37-22-27-9-11-29-32(21-27)41(23-31-33(42)12-8-26(2)38-31)35(39-29)36-13-5-14-40-15-18-43-19-16-40/h7-12,20-21,34,37,42H,3-6,13-19,22-24H2,1-2H3,(H,36,39). The van der Waals surface area contributed by atoms with Crippen LogP contribution in [-0.2, 0) is 33.9 Å². The van der Waals surface area contributed by atoms with Gasteiger partial charge < -0.3 is 34.5 Å². The Morgan fingerprint density at radius 1 is 0.978 bits per heavy atom. The van der Waals surface area contributed by atoms with Crippen LogP contribution >= 0.6 is 0 Å². The topological polar surface area (TPSA) is 106 Å². The van der Waals surface area contributed by atoms with Crippen molar-refractivity contribution in [1.82, 2.24) is 19.4 Å². The smallest absolute Gasteiger partial charge is 0.204 e. The first-order valence-corrected chi connectivity index (χ1v) is 16.3. The molecule has 2 aliphatic heterocycles. The van der Waals surface area contributed by atoms with E-state index in [1.54, 1.807) is 6.07 Å². The van der Waals surface area contributed by atoms with Crippen molar-refractivity contribution in [1.29, 1.82) is 0 Å². The van der Waals surface area contributed by atoms with Gasteiger partial charge in [-0.1, -0.05) is 18.2 Å². The number of rotatable bonds is 13. The van der Waals surface area contributed by atoms with E-state index < -0.39 is 0 Å². The number of anilines is 2. The number of nitrogens with one attached hydrogen (secondary N) is 2. The van der Waals surface area contributed by atoms with E-state index in [0.29, 0.717) is 25.4 Å². The molecule has 45 heavy (non-hydrogen) atoms. The molecule has 0 amide bonds. The summed E-state index contributed by atoms with van der Waals surface area (Å²) in [4.78, 5) is 12.0. The molecule has 2 fully saturated rings. The third kappa shape index (κ3) is 8.32. The van der Waals surface area contributed by atoms with Gasteiger partial charge in [0.05, 0.1) is 37.4 Å². The lowest BCUT2D eigenvalue weighted by molar-refractivity contribution is -0.168. The van der Waals surface area contributed by atoms with Crippen LogP contribution in [0.25, 0.3) is 11.0 Å². The fraction of sp³-hybridized carbons (Fsp3) is 0.486. The van der Waals surface area contributed by atoms with Crippen LogP contribution in [0.5, 0.6) is 5.75 Å². The Morgan fingerprint density at radius 3 is 2.71 bits per heavy atom. The van der Waals surface area contributed by atoms with Crippen molar-refractivity contribution in [2.24, 2.45) is 0 Å². The minimum atomic E-state index is -0.125. The van der Waals surface area contributed by atoms with Crippen LogP contribution < -0.4 is 10.6 Å². The fourth-order valence-electron chi connectivity index (χ4n) is 5.97. The van der Waals surface area contributed by atoms with Crippen molar-refractivity contribution in [3.63, 3.8) is 0 Å². The maximum absolute atomic E-state index is 10.6. The Hall–Kier alpha value is -3.70. The van der Waals surface area contributed by atoms with E-state index in [0.717, 1.165) is 111 Å². The summed E-state index contributed by atoms with van der Waals surface area (Å²) in [7, 11) is 0. The number of fused-ring (bicyclic) bond motifs is 1. The van der Waals surface area contributed by atoms with Crippen molar-refractivity contribution in [3.05, 3.63) is 76.6 Å². The molecule has 2 saturated heterocycles. The average molecular weight is 615 g/mol. The van der Waals surface area contributed by atoms with Crippen LogP contribution in [0.15, 0.2) is 48.5 Å². The largest absolute Gasteiger partial charge is 0.506 e. The Morgan fingerprint density at radius 2 is 1.87 bits per heavy atom. The molecule has 0 saturated carbocycles. The molecular weight excluding hydrogens is 568 g/mol. The number of aromatic hydroxyl groups is 1. The van der Waals surface area contributed by atoms with Crippen molar-refractivity contribution in [3.8, 4) is 5.75 Å². The highest BCUT2D eigenvalue weighted by Gasteiger charge is 2.17. The van der Waals surface area contributed by atoms with E-state index in [-0.39, 0.29) is 12.0 Å². The SMILES string of the molecule is Cc1ccc(COC2CCCCO2)c(NCc2ccc3nc(NCCCN4CCOCC4)n(Cc4nc(C)ccc4O)c3c2)c1. The number of aryl methyl sites for hydroxylation is 2. The molecule has 2 aromatic heterocycles. The first-order chi connectivity index (χ1) is 22.0. The van der Waals surface area contributed by atoms with Gasteiger partial charge in [0.1, 0.15) is 11.4 Å². The van der Waals surface area contributed by atoms with Crippen LogP contribution in [0.2, 0.25) is 0 Å². The van der Waals surface area contributed by atoms with Crippen LogP contribution in [-0.4, -0.2) is 76.8 Å². The predicted octanol–water partition coefficient (Wildman–Crippen LogP) is 5.59. The summed E-state index contributed by atoms with van der Waals surface area (Å²) in [5, 5.41) is 17.9. The van der Waals surface area contributed by atoms with Gasteiger partial charge in [0, 0.05) is 49.7 Å². The Balaban J connectivity index is 1.19. The molecule has 1 atom stereocenters. The molecule has 6 rings (SSSR count). The van der Waals surface area contributed by atoms with E-state index in [1.165, 1.54) is 5.56 Å². The second kappa shape index (κ2) is 15.1. The first kappa shape index (κ1) is 31.3. The molecule has 4 heterocycles. The van der Waals surface area contributed by atoms with Gasteiger partial charge in [-0.05, 0) is 87.5 Å². The van der Waals surface area contributed by atoms with Gasteiger partial charge in [0.2, 0.25) is 5.95 Å². The monoisotopic (exact) mass is 614 g/mol. The van der Waals surface area contributed by atoms with Gasteiger partial charge in [-0.3, -0.25) is 9.88 Å². The van der Waals surface area contributed by atoms with Crippen molar-refractivity contribution in [2.45, 2.75) is 65.5 Å². The van der Waals surface area contributed by atoms with E-state index in [4.69, 9.17) is 19.2 Å². The molecule has 240 valence electrons. The predicted molar refractivity (Wildman–Crippen MR) is 177 cm³/mol. The molecule has 0 bridgehead atoms. The molecule has 10 heteroatoms. The maximum Gasteiger partial charge on any atom is 0.204 e. The molecule has 4 aromatic rings. The third-order valence-electron chi connectivity index (χ3n) is 8.56. The summed E-state index contributed by atoms with van der Waals surface area (Å²) in [6, 6.07) is 16.4. The van der Waals surface area contributed by atoms with Crippen LogP contribution in [0, 0.1) is 13.8 Å². The van der Waals surface area contributed by atoms with E-state index in [1.807, 2.05) is 13.0 Å². The zero-order valence-electron chi connectivity index (χ0n) is 26.6. The minimum Gasteiger partial charge on any atom is -0.506 e. The zero-order valence-corrected chi connectivity index (χ0v) is 26.6. The summed E-state index contributed by atoms with van der Waals surface area (Å²) in [6.45, 7) is 11.8. The fourth-order valence-corrected chi connectivity index (χ4v) is 5.97. The summed E-state index contributed by atoms with van der Waals surface area (Å²) < 4.78 is 19.5. The summed E-state index contributed by atoms with van der Waals surface area (Å²) in [5.41, 5.74) is 7.90. The molecule has 0 radical (unpaired) electrons. The number of nitrogens with zero attached hydrogens (tertiary/aromatic N) is 4. The average Bonchev–Trinajstić information content (AvgIpc) is 3.40. The van der Waals surface area contributed by atoms with Crippen LogP contribution in [0.1, 0.15) is 53.8 Å². The molecule has 0 spiro atoms. The Bertz CT molecular complexity index is 1560. The normalized spacial score (nSPS) is 17.5. The molecule has 10 nitrogen and oxygen atoms in total. The summed E-state index contributed by atoms with van der Waals surface area (Å²) in [6.07, 6.45) is 4.08. The molecular formula is C35H46N6O4. The molecule has 3 N–H and O–H groups in total. The zero-order chi connectivity index (χ0) is 31.0. The van der Waals surface area contributed by atoms with Crippen LogP contribution in [0.3, 0.4) is 0 Å². The second-order valence-electron chi connectivity index (χ2n) is 12.1. The highest BCUT2D eigenvalue weighted by Crippen LogP contribution is 2.27. The Labute approximate surface area is 265 Å². The van der Waals surface area contributed by atoms with E-state index in [9.17, 15) is 5.11 Å². The first-order valence-electron chi connectivity index (χ1n) is 16.3. The molecule has 0 aliphatic carbocycles. The summed E-state index contributed by atoms with van der Waals surface area (Å²) >= 11 is 0. The van der Waals surface area contributed by atoms with Gasteiger partial charge in [0.15, 0.2) is 6.29 Å². The number of hydrogen-bond acceptors (Lipinski definition) is 9. The lowest BCUT2D eigenvalue weighted by Gasteiger charge is -2.26. The number of benzene rings is 2. The maximum atomic E-state index is 10.6. The lowest BCUT2D eigenvalue weighted by atomic mass is 10.1. The number of pyridine rings is 1. The number of ether oxygens (including phenoxy) is 3. The third-order valence-corrected chi connectivity index (χ3v) is 8.56. The summed E-state index contributed by atoms with van der Waals surface area (Å²) in [5.74, 6) is 0.967. The van der Waals surface area contributed by atoms with E-state index in [2.05, 4.69) is 68.4 Å². The van der Waals surface area contributed by atoms with Gasteiger partial charge in [0.25, 0.3) is 0 Å². The minimum absolute atomic E-state index is 0.125. The van der Waals surface area contributed by atoms with Gasteiger partial charge >= 0.3 is 0 Å².